The summed E-state index contributed by atoms with van der Waals surface area (Å²) in [7, 11) is 0. The van der Waals surface area contributed by atoms with Gasteiger partial charge in [0.2, 0.25) is 5.91 Å². The molecule has 1 spiro atoms. The van der Waals surface area contributed by atoms with E-state index in [2.05, 4.69) is 0 Å². The van der Waals surface area contributed by atoms with Gasteiger partial charge in [-0.25, -0.2) is 0 Å². The van der Waals surface area contributed by atoms with Crippen molar-refractivity contribution in [3.63, 3.8) is 0 Å². The number of rotatable bonds is 1. The average molecular weight is 213 g/mol. The second-order valence-corrected chi connectivity index (χ2v) is 4.46. The van der Waals surface area contributed by atoms with Gasteiger partial charge in [-0.15, -0.1) is 0 Å². The summed E-state index contributed by atoms with van der Waals surface area (Å²) in [5.74, 6) is -1.34. The van der Waals surface area contributed by atoms with Gasteiger partial charge in [0.15, 0.2) is 0 Å². The second kappa shape index (κ2) is 3.48. The van der Waals surface area contributed by atoms with Crippen LogP contribution in [-0.2, 0) is 14.3 Å². The minimum atomic E-state index is -0.816. The Balaban J connectivity index is 2.21. The molecular formula is C10H15NO4. The van der Waals surface area contributed by atoms with Gasteiger partial charge in [-0.05, 0) is 6.42 Å². The lowest BCUT2D eigenvalue weighted by atomic mass is 9.77. The van der Waals surface area contributed by atoms with Crippen LogP contribution in [0.5, 0.6) is 0 Å². The predicted octanol–water partition coefficient (Wildman–Crippen LogP) is -0.0440. The molecule has 2 unspecified atom stereocenters. The molecular weight excluding hydrogens is 198 g/mol. The molecule has 0 aromatic rings. The Bertz CT molecular complexity index is 296. The summed E-state index contributed by atoms with van der Waals surface area (Å²) in [6.45, 7) is 3.41. The number of nitrogens with zero attached hydrogens (tertiary/aromatic N) is 1. The van der Waals surface area contributed by atoms with Crippen LogP contribution in [0.25, 0.3) is 0 Å². The van der Waals surface area contributed by atoms with Gasteiger partial charge in [-0.2, -0.15) is 0 Å². The lowest BCUT2D eigenvalue weighted by Gasteiger charge is -2.24. The fraction of sp³-hybridized carbons (Fsp3) is 0.800. The molecule has 5 nitrogen and oxygen atoms in total. The zero-order valence-electron chi connectivity index (χ0n) is 8.73. The lowest BCUT2D eigenvalue weighted by molar-refractivity contribution is -0.144. The largest absolute Gasteiger partial charge is 0.481 e. The zero-order chi connectivity index (χ0) is 11.1. The number of hydrogen-bond donors (Lipinski definition) is 1. The number of ether oxygens (including phenoxy) is 1. The van der Waals surface area contributed by atoms with Crippen molar-refractivity contribution in [2.75, 3.05) is 26.3 Å². The molecule has 0 aromatic heterocycles. The molecule has 2 heterocycles. The third-order valence-electron chi connectivity index (χ3n) is 3.53. The van der Waals surface area contributed by atoms with Crippen molar-refractivity contribution in [1.82, 2.24) is 4.90 Å². The predicted molar refractivity (Wildman–Crippen MR) is 51.2 cm³/mol. The van der Waals surface area contributed by atoms with Crippen LogP contribution in [-0.4, -0.2) is 48.2 Å². The summed E-state index contributed by atoms with van der Waals surface area (Å²) in [5.41, 5.74) is -0.336. The van der Waals surface area contributed by atoms with E-state index in [-0.39, 0.29) is 11.3 Å². The highest BCUT2D eigenvalue weighted by Gasteiger charge is 2.53. The Morgan fingerprint density at radius 1 is 1.53 bits per heavy atom. The molecule has 0 bridgehead atoms. The third kappa shape index (κ3) is 1.61. The van der Waals surface area contributed by atoms with Crippen LogP contribution < -0.4 is 0 Å². The van der Waals surface area contributed by atoms with Crippen molar-refractivity contribution >= 4 is 11.9 Å². The smallest absolute Gasteiger partial charge is 0.309 e. The molecule has 2 aliphatic heterocycles. The topological polar surface area (TPSA) is 66.8 Å². The SMILES string of the molecule is CC(=O)N1CC(C(=O)O)C2(CCOC2)C1. The first-order chi connectivity index (χ1) is 7.05. The normalized spacial score (nSPS) is 35.0. The van der Waals surface area contributed by atoms with E-state index in [1.807, 2.05) is 0 Å². The van der Waals surface area contributed by atoms with E-state index in [0.717, 1.165) is 6.42 Å². The number of amides is 1. The van der Waals surface area contributed by atoms with Gasteiger partial charge in [0, 0.05) is 32.0 Å². The number of carboxylic acid groups (broad SMARTS) is 1. The van der Waals surface area contributed by atoms with Crippen LogP contribution in [0.4, 0.5) is 0 Å². The number of carbonyl (C=O) groups excluding carboxylic acids is 1. The maximum absolute atomic E-state index is 11.2. The van der Waals surface area contributed by atoms with Gasteiger partial charge >= 0.3 is 5.97 Å². The summed E-state index contributed by atoms with van der Waals surface area (Å²) < 4.78 is 5.29. The van der Waals surface area contributed by atoms with E-state index >= 15 is 0 Å². The van der Waals surface area contributed by atoms with Gasteiger partial charge < -0.3 is 14.7 Å². The summed E-state index contributed by atoms with van der Waals surface area (Å²) in [4.78, 5) is 24.0. The number of carbonyl (C=O) groups is 2. The quantitative estimate of drug-likeness (QED) is 0.663. The van der Waals surface area contributed by atoms with Crippen molar-refractivity contribution in [1.29, 1.82) is 0 Å². The molecule has 2 rings (SSSR count). The highest BCUT2D eigenvalue weighted by atomic mass is 16.5. The Morgan fingerprint density at radius 2 is 2.27 bits per heavy atom. The first kappa shape index (κ1) is 10.4. The Kier molecular flexibility index (Phi) is 2.42. The van der Waals surface area contributed by atoms with Crippen LogP contribution in [0.15, 0.2) is 0 Å². The van der Waals surface area contributed by atoms with Crippen molar-refractivity contribution in [3.05, 3.63) is 0 Å². The zero-order valence-corrected chi connectivity index (χ0v) is 8.73. The monoisotopic (exact) mass is 213 g/mol. The maximum Gasteiger partial charge on any atom is 0.309 e. The second-order valence-electron chi connectivity index (χ2n) is 4.46. The molecule has 84 valence electrons. The molecule has 2 saturated heterocycles. The van der Waals surface area contributed by atoms with Crippen LogP contribution >= 0.6 is 0 Å². The molecule has 1 amide bonds. The van der Waals surface area contributed by atoms with Gasteiger partial charge in [0.1, 0.15) is 0 Å². The summed E-state index contributed by atoms with van der Waals surface area (Å²) in [5, 5.41) is 9.14. The van der Waals surface area contributed by atoms with Crippen molar-refractivity contribution in [2.24, 2.45) is 11.3 Å². The van der Waals surface area contributed by atoms with Gasteiger partial charge in [0.25, 0.3) is 0 Å². The van der Waals surface area contributed by atoms with Crippen LogP contribution in [0.1, 0.15) is 13.3 Å². The van der Waals surface area contributed by atoms with Crippen LogP contribution in [0.2, 0.25) is 0 Å². The Hall–Kier alpha value is -1.10. The molecule has 0 saturated carbocycles. The number of hydrogen-bond acceptors (Lipinski definition) is 3. The minimum absolute atomic E-state index is 0.0509. The minimum Gasteiger partial charge on any atom is -0.481 e. The summed E-state index contributed by atoms with van der Waals surface area (Å²) in [6.07, 6.45) is 0.744. The molecule has 1 N–H and O–H groups in total. The number of carboxylic acids is 1. The number of aliphatic carboxylic acids is 1. The lowest BCUT2D eigenvalue weighted by Crippen LogP contribution is -2.35. The summed E-state index contributed by atoms with van der Waals surface area (Å²) >= 11 is 0. The van der Waals surface area contributed by atoms with E-state index in [1.54, 1.807) is 4.90 Å². The van der Waals surface area contributed by atoms with E-state index in [4.69, 9.17) is 9.84 Å². The molecule has 0 aliphatic carbocycles. The molecule has 2 atom stereocenters. The van der Waals surface area contributed by atoms with Gasteiger partial charge in [-0.3, -0.25) is 9.59 Å². The molecule has 0 radical (unpaired) electrons. The fourth-order valence-corrected chi connectivity index (χ4v) is 2.57. The van der Waals surface area contributed by atoms with Crippen LogP contribution in [0.3, 0.4) is 0 Å². The van der Waals surface area contributed by atoms with Crippen molar-refractivity contribution < 1.29 is 19.4 Å². The summed E-state index contributed by atoms with van der Waals surface area (Å²) in [6, 6.07) is 0. The Morgan fingerprint density at radius 3 is 2.73 bits per heavy atom. The average Bonchev–Trinajstić information content (AvgIpc) is 2.74. The molecule has 2 aliphatic rings. The van der Waals surface area contributed by atoms with E-state index < -0.39 is 11.9 Å². The van der Waals surface area contributed by atoms with E-state index in [9.17, 15) is 9.59 Å². The van der Waals surface area contributed by atoms with Crippen molar-refractivity contribution in [2.45, 2.75) is 13.3 Å². The van der Waals surface area contributed by atoms with Gasteiger partial charge in [-0.1, -0.05) is 0 Å². The highest BCUT2D eigenvalue weighted by molar-refractivity contribution is 5.77. The maximum atomic E-state index is 11.2. The first-order valence-electron chi connectivity index (χ1n) is 5.11. The first-order valence-corrected chi connectivity index (χ1v) is 5.11. The van der Waals surface area contributed by atoms with E-state index in [1.165, 1.54) is 6.92 Å². The number of likely N-dealkylation sites (tertiary alicyclic amines) is 1. The molecule has 2 fully saturated rings. The van der Waals surface area contributed by atoms with Gasteiger partial charge in [0.05, 0.1) is 12.5 Å². The third-order valence-corrected chi connectivity index (χ3v) is 3.53. The molecule has 0 aromatic carbocycles. The van der Waals surface area contributed by atoms with E-state index in [0.29, 0.717) is 26.3 Å². The highest BCUT2D eigenvalue weighted by Crippen LogP contribution is 2.42. The standard InChI is InChI=1S/C10H15NO4/c1-7(12)11-4-8(9(13)14)10(5-11)2-3-15-6-10/h8H,2-6H2,1H3,(H,13,14). The van der Waals surface area contributed by atoms with Crippen LogP contribution in [0, 0.1) is 11.3 Å². The molecule has 5 heteroatoms. The fourth-order valence-electron chi connectivity index (χ4n) is 2.57. The molecule has 15 heavy (non-hydrogen) atoms. The van der Waals surface area contributed by atoms with Crippen molar-refractivity contribution in [3.8, 4) is 0 Å². The Labute approximate surface area is 88.0 Å².